The average Bonchev–Trinajstić information content (AvgIpc) is 2.84. The summed E-state index contributed by atoms with van der Waals surface area (Å²) in [5, 5.41) is 11.3. The molecule has 0 saturated heterocycles. The maximum absolute atomic E-state index is 12.8. The number of aromatic carboxylic acids is 1. The molecule has 1 aromatic heterocycles. The summed E-state index contributed by atoms with van der Waals surface area (Å²) in [4.78, 5) is 10.6. The molecule has 0 saturated carbocycles. The molecule has 0 unspecified atom stereocenters. The molecule has 0 fully saturated rings. The van der Waals surface area contributed by atoms with Crippen LogP contribution in [0.5, 0.6) is 0 Å². The lowest BCUT2D eigenvalue weighted by Crippen LogP contribution is -2.11. The van der Waals surface area contributed by atoms with Crippen molar-refractivity contribution in [2.75, 3.05) is 5.32 Å². The van der Waals surface area contributed by atoms with Gasteiger partial charge in [-0.1, -0.05) is 18.2 Å². The zero-order chi connectivity index (χ0) is 14.8. The molecular formula is C13H10F3NO3. The fourth-order valence-electron chi connectivity index (χ4n) is 1.68. The number of hydrogen-bond donors (Lipinski definition) is 2. The highest BCUT2D eigenvalue weighted by Crippen LogP contribution is 2.32. The minimum Gasteiger partial charge on any atom is -0.475 e. The summed E-state index contributed by atoms with van der Waals surface area (Å²) in [7, 11) is 0. The smallest absolute Gasteiger partial charge is 0.416 e. The quantitative estimate of drug-likeness (QED) is 0.900. The summed E-state index contributed by atoms with van der Waals surface area (Å²) >= 11 is 0. The highest BCUT2D eigenvalue weighted by molar-refractivity contribution is 5.84. The van der Waals surface area contributed by atoms with Gasteiger partial charge in [0.15, 0.2) is 5.88 Å². The van der Waals surface area contributed by atoms with Crippen LogP contribution < -0.4 is 5.32 Å². The Bertz CT molecular complexity index is 619. The Kier molecular flexibility index (Phi) is 3.69. The number of hydrogen-bond acceptors (Lipinski definition) is 3. The van der Waals surface area contributed by atoms with Crippen LogP contribution in [0.4, 0.5) is 19.1 Å². The zero-order valence-electron chi connectivity index (χ0n) is 10.1. The molecule has 0 aliphatic rings. The summed E-state index contributed by atoms with van der Waals surface area (Å²) in [6, 6.07) is 7.71. The van der Waals surface area contributed by atoms with Crippen molar-refractivity contribution in [2.24, 2.45) is 0 Å². The molecule has 0 radical (unpaired) electrons. The fourth-order valence-corrected chi connectivity index (χ4v) is 1.68. The lowest BCUT2D eigenvalue weighted by Gasteiger charge is -2.12. The van der Waals surface area contributed by atoms with Crippen LogP contribution in [0.15, 0.2) is 40.8 Å². The monoisotopic (exact) mass is 285 g/mol. The van der Waals surface area contributed by atoms with Gasteiger partial charge in [0.1, 0.15) is 0 Å². The SMILES string of the molecule is O=C(O)c1ccc(NCc2ccccc2C(F)(F)F)o1. The minimum absolute atomic E-state index is 0.0493. The summed E-state index contributed by atoms with van der Waals surface area (Å²) < 4.78 is 43.2. The van der Waals surface area contributed by atoms with E-state index < -0.39 is 17.7 Å². The van der Waals surface area contributed by atoms with Gasteiger partial charge in [-0.2, -0.15) is 13.2 Å². The molecule has 0 aliphatic heterocycles. The van der Waals surface area contributed by atoms with Crippen LogP contribution in [0.25, 0.3) is 0 Å². The molecule has 1 aromatic carbocycles. The second-order valence-corrected chi connectivity index (χ2v) is 3.98. The van der Waals surface area contributed by atoms with Gasteiger partial charge in [-0.3, -0.25) is 0 Å². The number of furan rings is 1. The Hall–Kier alpha value is -2.44. The van der Waals surface area contributed by atoms with E-state index in [0.717, 1.165) is 6.07 Å². The first-order valence-corrected chi connectivity index (χ1v) is 5.60. The van der Waals surface area contributed by atoms with E-state index in [1.54, 1.807) is 0 Å². The number of carbonyl (C=O) groups is 1. The molecule has 0 spiro atoms. The zero-order valence-corrected chi connectivity index (χ0v) is 10.1. The maximum atomic E-state index is 12.8. The van der Waals surface area contributed by atoms with Crippen LogP contribution in [0.3, 0.4) is 0 Å². The van der Waals surface area contributed by atoms with Crippen molar-refractivity contribution in [3.8, 4) is 0 Å². The van der Waals surface area contributed by atoms with E-state index in [0.29, 0.717) is 0 Å². The van der Waals surface area contributed by atoms with Gasteiger partial charge < -0.3 is 14.8 Å². The van der Waals surface area contributed by atoms with Gasteiger partial charge in [-0.15, -0.1) is 0 Å². The van der Waals surface area contributed by atoms with Crippen molar-refractivity contribution in [1.82, 2.24) is 0 Å². The average molecular weight is 285 g/mol. The molecule has 0 aliphatic carbocycles. The Morgan fingerprint density at radius 2 is 1.90 bits per heavy atom. The first-order valence-electron chi connectivity index (χ1n) is 5.60. The standard InChI is InChI=1S/C13H10F3NO3/c14-13(15,16)9-4-2-1-3-8(9)7-17-11-6-5-10(20-11)12(18)19/h1-6,17H,7H2,(H,18,19). The molecule has 106 valence electrons. The normalized spacial score (nSPS) is 11.3. The molecule has 2 N–H and O–H groups in total. The lowest BCUT2D eigenvalue weighted by molar-refractivity contribution is -0.138. The Morgan fingerprint density at radius 3 is 2.50 bits per heavy atom. The van der Waals surface area contributed by atoms with Gasteiger partial charge in [0, 0.05) is 12.6 Å². The molecule has 0 bridgehead atoms. The van der Waals surface area contributed by atoms with Gasteiger partial charge in [-0.25, -0.2) is 4.79 Å². The number of anilines is 1. The Morgan fingerprint density at radius 1 is 1.20 bits per heavy atom. The van der Waals surface area contributed by atoms with E-state index in [9.17, 15) is 18.0 Å². The molecular weight excluding hydrogens is 275 g/mol. The molecule has 4 nitrogen and oxygen atoms in total. The summed E-state index contributed by atoms with van der Waals surface area (Å²) in [6.07, 6.45) is -4.44. The van der Waals surface area contributed by atoms with Crippen molar-refractivity contribution >= 4 is 11.9 Å². The highest BCUT2D eigenvalue weighted by Gasteiger charge is 2.32. The second-order valence-electron chi connectivity index (χ2n) is 3.98. The molecule has 0 atom stereocenters. The predicted molar refractivity (Wildman–Crippen MR) is 64.4 cm³/mol. The van der Waals surface area contributed by atoms with Crippen LogP contribution in [0.1, 0.15) is 21.7 Å². The minimum atomic E-state index is -4.44. The van der Waals surface area contributed by atoms with E-state index in [4.69, 9.17) is 9.52 Å². The molecule has 2 rings (SSSR count). The summed E-state index contributed by atoms with van der Waals surface area (Å²) in [5.41, 5.74) is -0.689. The van der Waals surface area contributed by atoms with Crippen LogP contribution in [0, 0.1) is 0 Å². The van der Waals surface area contributed by atoms with Crippen LogP contribution in [-0.4, -0.2) is 11.1 Å². The second kappa shape index (κ2) is 5.28. The van der Waals surface area contributed by atoms with Crippen molar-refractivity contribution in [1.29, 1.82) is 0 Å². The molecule has 20 heavy (non-hydrogen) atoms. The third-order valence-electron chi connectivity index (χ3n) is 2.59. The third-order valence-corrected chi connectivity index (χ3v) is 2.59. The molecule has 7 heteroatoms. The van der Waals surface area contributed by atoms with Crippen molar-refractivity contribution < 1.29 is 27.5 Å². The van der Waals surface area contributed by atoms with Gasteiger partial charge in [-0.05, 0) is 17.7 Å². The summed E-state index contributed by atoms with van der Waals surface area (Å²) in [6.45, 7) is -0.123. The first-order chi connectivity index (χ1) is 9.38. The number of benzene rings is 1. The van der Waals surface area contributed by atoms with Gasteiger partial charge >= 0.3 is 12.1 Å². The number of alkyl halides is 3. The topological polar surface area (TPSA) is 62.5 Å². The van der Waals surface area contributed by atoms with Gasteiger partial charge in [0.25, 0.3) is 0 Å². The molecule has 1 heterocycles. The van der Waals surface area contributed by atoms with Crippen molar-refractivity contribution in [2.45, 2.75) is 12.7 Å². The number of nitrogens with one attached hydrogen (secondary N) is 1. The number of carboxylic acid groups (broad SMARTS) is 1. The lowest BCUT2D eigenvalue weighted by atomic mass is 10.1. The largest absolute Gasteiger partial charge is 0.475 e. The number of halogens is 3. The Labute approximate surface area is 111 Å². The predicted octanol–water partition coefficient (Wildman–Crippen LogP) is 3.61. The van der Waals surface area contributed by atoms with E-state index in [-0.39, 0.29) is 23.8 Å². The van der Waals surface area contributed by atoms with Crippen molar-refractivity contribution in [3.63, 3.8) is 0 Å². The summed E-state index contributed by atoms with van der Waals surface area (Å²) in [5.74, 6) is -1.43. The number of rotatable bonds is 4. The van der Waals surface area contributed by atoms with Crippen LogP contribution >= 0.6 is 0 Å². The van der Waals surface area contributed by atoms with Gasteiger partial charge in [0.05, 0.1) is 5.56 Å². The first kappa shape index (κ1) is 14.0. The van der Waals surface area contributed by atoms with E-state index in [1.807, 2.05) is 0 Å². The van der Waals surface area contributed by atoms with E-state index in [1.165, 1.54) is 30.3 Å². The molecule has 0 amide bonds. The molecule has 2 aromatic rings. The van der Waals surface area contributed by atoms with Gasteiger partial charge in [0.2, 0.25) is 5.76 Å². The van der Waals surface area contributed by atoms with E-state index in [2.05, 4.69) is 5.32 Å². The van der Waals surface area contributed by atoms with E-state index >= 15 is 0 Å². The number of carboxylic acids is 1. The Balaban J connectivity index is 2.13. The third kappa shape index (κ3) is 3.11. The fraction of sp³-hybridized carbons (Fsp3) is 0.154. The van der Waals surface area contributed by atoms with Crippen LogP contribution in [-0.2, 0) is 12.7 Å². The van der Waals surface area contributed by atoms with Crippen molar-refractivity contribution in [3.05, 3.63) is 53.3 Å². The highest BCUT2D eigenvalue weighted by atomic mass is 19.4. The maximum Gasteiger partial charge on any atom is 0.416 e. The van der Waals surface area contributed by atoms with Crippen LogP contribution in [0.2, 0.25) is 0 Å².